The van der Waals surface area contributed by atoms with Gasteiger partial charge in [0.1, 0.15) is 5.75 Å². The minimum atomic E-state index is -0.595. The van der Waals surface area contributed by atoms with Gasteiger partial charge in [0.25, 0.3) is 0 Å². The maximum absolute atomic E-state index is 11.8. The van der Waals surface area contributed by atoms with Gasteiger partial charge in [-0.15, -0.1) is 0 Å². The zero-order valence-electron chi connectivity index (χ0n) is 12.0. The Labute approximate surface area is 133 Å². The highest BCUT2D eigenvalue weighted by molar-refractivity contribution is 6.30. The fraction of sp³-hybridized carbons (Fsp3) is 0.176. The zero-order valence-corrected chi connectivity index (χ0v) is 12.8. The number of Topliss-reactive ketones (excluding diaryl/α,β-unsaturated/α-hetero) is 1. The van der Waals surface area contributed by atoms with Crippen LogP contribution in [0.2, 0.25) is 5.02 Å². The van der Waals surface area contributed by atoms with E-state index in [1.54, 1.807) is 36.4 Å². The van der Waals surface area contributed by atoms with Crippen LogP contribution in [0, 0.1) is 6.92 Å². The average Bonchev–Trinajstić information content (AvgIpc) is 2.52. The molecule has 2 aromatic rings. The first-order valence-corrected chi connectivity index (χ1v) is 7.06. The lowest BCUT2D eigenvalue weighted by molar-refractivity contribution is -0.144. The van der Waals surface area contributed by atoms with E-state index in [0.717, 1.165) is 5.56 Å². The van der Waals surface area contributed by atoms with Gasteiger partial charge >= 0.3 is 5.97 Å². The van der Waals surface area contributed by atoms with Gasteiger partial charge in [-0.2, -0.15) is 0 Å². The van der Waals surface area contributed by atoms with Crippen LogP contribution < -0.4 is 4.74 Å². The smallest absolute Gasteiger partial charge is 0.344 e. The number of halogens is 1. The molecule has 0 saturated heterocycles. The van der Waals surface area contributed by atoms with Gasteiger partial charge < -0.3 is 9.47 Å². The summed E-state index contributed by atoms with van der Waals surface area (Å²) < 4.78 is 10.2. The summed E-state index contributed by atoms with van der Waals surface area (Å²) >= 11 is 5.74. The number of carbonyl (C=O) groups excluding carboxylic acids is 2. The number of rotatable bonds is 6. The van der Waals surface area contributed by atoms with E-state index in [1.165, 1.54) is 0 Å². The van der Waals surface area contributed by atoms with Crippen LogP contribution in [0.4, 0.5) is 0 Å². The van der Waals surface area contributed by atoms with E-state index in [1.807, 2.05) is 19.1 Å². The van der Waals surface area contributed by atoms with E-state index < -0.39 is 5.97 Å². The van der Waals surface area contributed by atoms with Crippen molar-refractivity contribution in [3.05, 3.63) is 64.7 Å². The van der Waals surface area contributed by atoms with Crippen molar-refractivity contribution >= 4 is 23.4 Å². The zero-order chi connectivity index (χ0) is 15.9. The van der Waals surface area contributed by atoms with E-state index in [9.17, 15) is 9.59 Å². The molecule has 0 amide bonds. The predicted molar refractivity (Wildman–Crippen MR) is 83.4 cm³/mol. The van der Waals surface area contributed by atoms with E-state index in [2.05, 4.69) is 0 Å². The van der Waals surface area contributed by atoms with Crippen LogP contribution in [0.1, 0.15) is 15.9 Å². The van der Waals surface area contributed by atoms with Gasteiger partial charge in [0.2, 0.25) is 0 Å². The molecule has 4 nitrogen and oxygen atoms in total. The van der Waals surface area contributed by atoms with Gasteiger partial charge in [0.05, 0.1) is 0 Å². The third-order valence-corrected chi connectivity index (χ3v) is 3.16. The Kier molecular flexibility index (Phi) is 5.55. The van der Waals surface area contributed by atoms with Gasteiger partial charge in [0.15, 0.2) is 19.0 Å². The molecule has 0 spiro atoms. The summed E-state index contributed by atoms with van der Waals surface area (Å²) in [5.74, 6) is -0.310. The van der Waals surface area contributed by atoms with Crippen molar-refractivity contribution in [2.75, 3.05) is 13.2 Å². The third kappa shape index (κ3) is 4.90. The summed E-state index contributed by atoms with van der Waals surface area (Å²) in [5, 5.41) is 0.542. The van der Waals surface area contributed by atoms with Gasteiger partial charge in [-0.3, -0.25) is 4.79 Å². The second-order valence-corrected chi connectivity index (χ2v) is 5.13. The lowest BCUT2D eigenvalue weighted by atomic mass is 10.1. The molecule has 0 atom stereocenters. The normalized spacial score (nSPS) is 10.1. The molecule has 22 heavy (non-hydrogen) atoms. The number of hydrogen-bond acceptors (Lipinski definition) is 4. The second kappa shape index (κ2) is 7.61. The molecule has 0 unspecified atom stereocenters. The lowest BCUT2D eigenvalue weighted by Crippen LogP contribution is -2.19. The summed E-state index contributed by atoms with van der Waals surface area (Å²) in [4.78, 5) is 23.4. The SMILES string of the molecule is Cc1ccc(OCC(=O)OCC(=O)c2ccc(Cl)cc2)cc1. The molecule has 0 aliphatic heterocycles. The number of aryl methyl sites for hydroxylation is 1. The minimum absolute atomic E-state index is 0.239. The monoisotopic (exact) mass is 318 g/mol. The van der Waals surface area contributed by atoms with Crippen LogP contribution in [0.3, 0.4) is 0 Å². The Bertz CT molecular complexity index is 647. The second-order valence-electron chi connectivity index (χ2n) is 4.69. The Morgan fingerprint density at radius 2 is 1.59 bits per heavy atom. The summed E-state index contributed by atoms with van der Waals surface area (Å²) in [5.41, 5.74) is 1.54. The van der Waals surface area contributed by atoms with Crippen LogP contribution in [-0.2, 0) is 9.53 Å². The van der Waals surface area contributed by atoms with Crippen LogP contribution in [0.5, 0.6) is 5.75 Å². The molecule has 2 rings (SSSR count). The van der Waals surface area contributed by atoms with Crippen molar-refractivity contribution in [1.29, 1.82) is 0 Å². The van der Waals surface area contributed by atoms with Crippen LogP contribution in [0.15, 0.2) is 48.5 Å². The van der Waals surface area contributed by atoms with Crippen molar-refractivity contribution < 1.29 is 19.1 Å². The summed E-state index contributed by atoms with van der Waals surface area (Å²) in [6.45, 7) is 1.40. The largest absolute Gasteiger partial charge is 0.482 e. The molecular formula is C17H15ClO4. The highest BCUT2D eigenvalue weighted by atomic mass is 35.5. The van der Waals surface area contributed by atoms with Crippen LogP contribution in [0.25, 0.3) is 0 Å². The number of esters is 1. The quantitative estimate of drug-likeness (QED) is 0.604. The summed E-state index contributed by atoms with van der Waals surface area (Å²) in [6, 6.07) is 13.7. The topological polar surface area (TPSA) is 52.6 Å². The van der Waals surface area contributed by atoms with E-state index in [0.29, 0.717) is 16.3 Å². The van der Waals surface area contributed by atoms with Crippen molar-refractivity contribution in [1.82, 2.24) is 0 Å². The van der Waals surface area contributed by atoms with Crippen molar-refractivity contribution in [2.45, 2.75) is 6.92 Å². The first-order valence-electron chi connectivity index (χ1n) is 6.68. The van der Waals surface area contributed by atoms with Crippen molar-refractivity contribution in [3.8, 4) is 5.75 Å². The molecule has 0 bridgehead atoms. The highest BCUT2D eigenvalue weighted by Crippen LogP contribution is 2.12. The van der Waals surface area contributed by atoms with Gasteiger partial charge in [-0.25, -0.2) is 4.79 Å². The molecule has 0 saturated carbocycles. The Hall–Kier alpha value is -2.33. The van der Waals surface area contributed by atoms with Gasteiger partial charge in [0, 0.05) is 10.6 Å². The first kappa shape index (κ1) is 16.0. The standard InChI is InChI=1S/C17H15ClO4/c1-12-2-8-15(9-3-12)21-11-17(20)22-10-16(19)13-4-6-14(18)7-5-13/h2-9H,10-11H2,1H3. The van der Waals surface area contributed by atoms with Crippen molar-refractivity contribution in [3.63, 3.8) is 0 Å². The lowest BCUT2D eigenvalue weighted by Gasteiger charge is -2.07. The highest BCUT2D eigenvalue weighted by Gasteiger charge is 2.10. The molecule has 0 N–H and O–H groups in total. The Morgan fingerprint density at radius 3 is 2.23 bits per heavy atom. The molecule has 2 aromatic carbocycles. The molecular weight excluding hydrogens is 304 g/mol. The van der Waals surface area contributed by atoms with Crippen molar-refractivity contribution in [2.24, 2.45) is 0 Å². The summed E-state index contributed by atoms with van der Waals surface area (Å²) in [7, 11) is 0. The molecule has 0 radical (unpaired) electrons. The van der Waals surface area contributed by atoms with Crippen LogP contribution >= 0.6 is 11.6 Å². The fourth-order valence-electron chi connectivity index (χ4n) is 1.68. The third-order valence-electron chi connectivity index (χ3n) is 2.91. The summed E-state index contributed by atoms with van der Waals surface area (Å²) in [6.07, 6.45) is 0. The van der Waals surface area contributed by atoms with Crippen LogP contribution in [-0.4, -0.2) is 25.0 Å². The molecule has 0 aromatic heterocycles. The molecule has 0 aliphatic carbocycles. The maximum atomic E-state index is 11.8. The number of ketones is 1. The minimum Gasteiger partial charge on any atom is -0.482 e. The van der Waals surface area contributed by atoms with E-state index in [-0.39, 0.29) is 19.0 Å². The van der Waals surface area contributed by atoms with E-state index >= 15 is 0 Å². The van der Waals surface area contributed by atoms with Gasteiger partial charge in [-0.05, 0) is 43.3 Å². The molecule has 0 heterocycles. The predicted octanol–water partition coefficient (Wildman–Crippen LogP) is 3.45. The van der Waals surface area contributed by atoms with E-state index in [4.69, 9.17) is 21.1 Å². The number of benzene rings is 2. The number of ether oxygens (including phenoxy) is 2. The average molecular weight is 319 g/mol. The van der Waals surface area contributed by atoms with Gasteiger partial charge in [-0.1, -0.05) is 29.3 Å². The first-order chi connectivity index (χ1) is 10.5. The molecule has 5 heteroatoms. The molecule has 0 aliphatic rings. The Balaban J connectivity index is 1.76. The molecule has 0 fully saturated rings. The molecule has 114 valence electrons. The number of hydrogen-bond donors (Lipinski definition) is 0. The Morgan fingerprint density at radius 1 is 0.955 bits per heavy atom. The fourth-order valence-corrected chi connectivity index (χ4v) is 1.81. The number of carbonyl (C=O) groups is 2. The maximum Gasteiger partial charge on any atom is 0.344 e.